The molecule has 1 N–H and O–H groups in total. The molecule has 0 aliphatic carbocycles. The van der Waals surface area contributed by atoms with Crippen LogP contribution in [0.2, 0.25) is 0 Å². The third-order valence-corrected chi connectivity index (χ3v) is 9.34. The first kappa shape index (κ1) is 20.8. The Balaban J connectivity index is 1.62. The highest BCUT2D eigenvalue weighted by Crippen LogP contribution is 2.42. The molecule has 3 atom stereocenters. The maximum atomic E-state index is 13.2. The summed E-state index contributed by atoms with van der Waals surface area (Å²) in [5, 5.41) is 11.9. The van der Waals surface area contributed by atoms with Crippen LogP contribution in [-0.2, 0) is 10.0 Å². The Hall–Kier alpha value is -1.51. The number of benzene rings is 1. The molecule has 0 spiro atoms. The Morgan fingerprint density at radius 3 is 2.59 bits per heavy atom. The average molecular weight is 433 g/mol. The summed E-state index contributed by atoms with van der Waals surface area (Å²) in [6, 6.07) is 12.0. The maximum Gasteiger partial charge on any atom is 0.252 e. The van der Waals surface area contributed by atoms with Gasteiger partial charge in [-0.05, 0) is 48.9 Å². The largest absolute Gasteiger partial charge is 0.395 e. The summed E-state index contributed by atoms with van der Waals surface area (Å²) in [5.41, 5.74) is 2.32. The van der Waals surface area contributed by atoms with Crippen LogP contribution in [0.4, 0.5) is 0 Å². The van der Waals surface area contributed by atoms with Crippen LogP contribution in [0.5, 0.6) is 0 Å². The topological polar surface area (TPSA) is 60.9 Å². The van der Waals surface area contributed by atoms with E-state index in [4.69, 9.17) is 0 Å². The molecule has 3 heterocycles. The fraction of sp³-hybridized carbons (Fsp3) is 0.455. The third-order valence-electron chi connectivity index (χ3n) is 6.10. The summed E-state index contributed by atoms with van der Waals surface area (Å²) < 4.78 is 28.4. The van der Waals surface area contributed by atoms with E-state index in [0.717, 1.165) is 24.9 Å². The van der Waals surface area contributed by atoms with Crippen molar-refractivity contribution in [2.45, 2.75) is 42.0 Å². The zero-order valence-electron chi connectivity index (χ0n) is 16.6. The fourth-order valence-corrected chi connectivity index (χ4v) is 7.33. The van der Waals surface area contributed by atoms with Gasteiger partial charge in [0.25, 0.3) is 10.0 Å². The lowest BCUT2D eigenvalue weighted by Crippen LogP contribution is -2.67. The van der Waals surface area contributed by atoms with Crippen LogP contribution in [0.3, 0.4) is 0 Å². The average Bonchev–Trinajstić information content (AvgIpc) is 3.24. The number of allylic oxidation sites excluding steroid dienone is 1. The molecule has 2 fully saturated rings. The van der Waals surface area contributed by atoms with Crippen LogP contribution in [0, 0.1) is 0 Å². The van der Waals surface area contributed by atoms with Crippen LogP contribution in [-0.4, -0.2) is 61.1 Å². The number of thiophene rings is 1. The molecule has 1 aromatic carbocycles. The van der Waals surface area contributed by atoms with Gasteiger partial charge in [-0.2, -0.15) is 4.31 Å². The Kier molecular flexibility index (Phi) is 6.22. The van der Waals surface area contributed by atoms with Gasteiger partial charge >= 0.3 is 0 Å². The Bertz CT molecular complexity index is 939. The van der Waals surface area contributed by atoms with Crippen molar-refractivity contribution in [1.82, 2.24) is 9.21 Å². The quantitative estimate of drug-likeness (QED) is 0.787. The molecule has 0 radical (unpaired) electrons. The summed E-state index contributed by atoms with van der Waals surface area (Å²) in [4.78, 5) is 2.31. The van der Waals surface area contributed by atoms with Gasteiger partial charge in [0.2, 0.25) is 0 Å². The standard InChI is InChI=1S/C22H28N2O3S2/c1-2-6-17-8-10-18(11-9-17)22-19-15-23(29(26,27)21-7-5-14-28-21)12-3-4-13-24(19)20(22)16-25/h2,5-11,14,19-20,22,25H,3-4,12-13,15-16H2,1H3/b6-2+/t19-,20-,22-/m1/s1. The minimum atomic E-state index is -3.47. The molecular formula is C22H28N2O3S2. The van der Waals surface area contributed by atoms with E-state index in [-0.39, 0.29) is 24.6 Å². The number of sulfonamides is 1. The molecule has 2 aliphatic heterocycles. The van der Waals surface area contributed by atoms with E-state index in [2.05, 4.69) is 35.2 Å². The van der Waals surface area contributed by atoms with Crippen molar-refractivity contribution in [3.8, 4) is 0 Å². The molecule has 2 aliphatic rings. The SMILES string of the molecule is C/C=C/c1ccc([C@H]2[C@@H](CO)N3CCCCN(S(=O)(=O)c4cccs4)C[C@H]23)cc1. The van der Waals surface area contributed by atoms with Crippen molar-refractivity contribution >= 4 is 27.4 Å². The highest BCUT2D eigenvalue weighted by Gasteiger charge is 2.50. The molecule has 0 bridgehead atoms. The lowest BCUT2D eigenvalue weighted by Gasteiger charge is -2.57. The Morgan fingerprint density at radius 2 is 1.93 bits per heavy atom. The Labute approximate surface area is 177 Å². The highest BCUT2D eigenvalue weighted by molar-refractivity contribution is 7.91. The number of aliphatic hydroxyl groups excluding tert-OH is 1. The summed E-state index contributed by atoms with van der Waals surface area (Å²) in [6.07, 6.45) is 5.86. The number of hydrogen-bond acceptors (Lipinski definition) is 5. The summed E-state index contributed by atoms with van der Waals surface area (Å²) in [6.45, 7) is 4.03. The first-order valence-electron chi connectivity index (χ1n) is 10.2. The van der Waals surface area contributed by atoms with Crippen molar-refractivity contribution in [1.29, 1.82) is 0 Å². The second kappa shape index (κ2) is 8.70. The molecule has 0 saturated carbocycles. The van der Waals surface area contributed by atoms with Gasteiger partial charge in [-0.1, -0.05) is 42.5 Å². The predicted octanol–water partition coefficient (Wildman–Crippen LogP) is 3.39. The maximum absolute atomic E-state index is 13.2. The van der Waals surface area contributed by atoms with Crippen molar-refractivity contribution in [3.63, 3.8) is 0 Å². The Morgan fingerprint density at radius 1 is 1.17 bits per heavy atom. The lowest BCUT2D eigenvalue weighted by molar-refractivity contribution is -0.0553. The number of hydrogen-bond donors (Lipinski definition) is 1. The minimum Gasteiger partial charge on any atom is -0.395 e. The van der Waals surface area contributed by atoms with Crippen molar-refractivity contribution in [2.75, 3.05) is 26.2 Å². The van der Waals surface area contributed by atoms with Gasteiger partial charge in [0.15, 0.2) is 0 Å². The van der Waals surface area contributed by atoms with E-state index in [1.807, 2.05) is 18.4 Å². The van der Waals surface area contributed by atoms with Gasteiger partial charge in [0, 0.05) is 31.1 Å². The van der Waals surface area contributed by atoms with Crippen LogP contribution in [0.1, 0.15) is 36.8 Å². The second-order valence-corrected chi connectivity index (χ2v) is 10.9. The molecule has 7 heteroatoms. The van der Waals surface area contributed by atoms with Crippen LogP contribution in [0.15, 0.2) is 52.1 Å². The van der Waals surface area contributed by atoms with E-state index >= 15 is 0 Å². The van der Waals surface area contributed by atoms with Crippen LogP contribution in [0.25, 0.3) is 6.08 Å². The molecule has 5 nitrogen and oxygen atoms in total. The molecule has 0 amide bonds. The van der Waals surface area contributed by atoms with Gasteiger partial charge in [-0.15, -0.1) is 11.3 Å². The molecule has 156 valence electrons. The molecule has 1 aromatic heterocycles. The monoisotopic (exact) mass is 432 g/mol. The van der Waals surface area contributed by atoms with E-state index in [9.17, 15) is 13.5 Å². The minimum absolute atomic E-state index is 0.0527. The molecule has 2 saturated heterocycles. The molecule has 2 aromatic rings. The van der Waals surface area contributed by atoms with Gasteiger partial charge in [0.1, 0.15) is 4.21 Å². The smallest absolute Gasteiger partial charge is 0.252 e. The summed E-state index contributed by atoms with van der Waals surface area (Å²) in [5.74, 6) is 0.138. The first-order chi connectivity index (χ1) is 14.1. The zero-order valence-corrected chi connectivity index (χ0v) is 18.3. The van der Waals surface area contributed by atoms with Gasteiger partial charge in [-0.25, -0.2) is 8.42 Å². The van der Waals surface area contributed by atoms with Gasteiger partial charge in [-0.3, -0.25) is 4.90 Å². The van der Waals surface area contributed by atoms with Crippen molar-refractivity contribution < 1.29 is 13.5 Å². The van der Waals surface area contributed by atoms with E-state index in [1.54, 1.807) is 16.4 Å². The fourth-order valence-electron chi connectivity index (χ4n) is 4.69. The number of nitrogens with zero attached hydrogens (tertiary/aromatic N) is 2. The second-order valence-electron chi connectivity index (χ2n) is 7.75. The molecular weight excluding hydrogens is 404 g/mol. The normalized spacial score (nSPS) is 26.6. The van der Waals surface area contributed by atoms with Crippen LogP contribution >= 0.6 is 11.3 Å². The third kappa shape index (κ3) is 3.94. The summed E-state index contributed by atoms with van der Waals surface area (Å²) in [7, 11) is -3.47. The number of aliphatic hydroxyl groups is 1. The van der Waals surface area contributed by atoms with E-state index in [1.165, 1.54) is 16.9 Å². The van der Waals surface area contributed by atoms with E-state index in [0.29, 0.717) is 17.3 Å². The van der Waals surface area contributed by atoms with Crippen molar-refractivity contribution in [2.24, 2.45) is 0 Å². The lowest BCUT2D eigenvalue weighted by atomic mass is 9.74. The summed E-state index contributed by atoms with van der Waals surface area (Å²) >= 11 is 1.27. The van der Waals surface area contributed by atoms with Crippen LogP contribution < -0.4 is 0 Å². The van der Waals surface area contributed by atoms with E-state index < -0.39 is 10.0 Å². The van der Waals surface area contributed by atoms with Gasteiger partial charge < -0.3 is 5.11 Å². The van der Waals surface area contributed by atoms with Crippen molar-refractivity contribution in [3.05, 3.63) is 59.0 Å². The highest BCUT2D eigenvalue weighted by atomic mass is 32.2. The number of rotatable bonds is 5. The molecule has 4 rings (SSSR count). The van der Waals surface area contributed by atoms with Gasteiger partial charge in [0.05, 0.1) is 6.61 Å². The first-order valence-corrected chi connectivity index (χ1v) is 12.5. The number of fused-ring (bicyclic) bond motifs is 1. The molecule has 29 heavy (non-hydrogen) atoms. The molecule has 0 unspecified atom stereocenters. The predicted molar refractivity (Wildman–Crippen MR) is 118 cm³/mol. The zero-order chi connectivity index (χ0) is 20.4.